The molecule has 1 aromatic rings. The van der Waals surface area contributed by atoms with E-state index in [9.17, 15) is 13.2 Å². The Morgan fingerprint density at radius 2 is 1.85 bits per heavy atom. The fourth-order valence-electron chi connectivity index (χ4n) is 3.18. The molecular weight excluding hydrogens is 366 g/mol. The lowest BCUT2D eigenvalue weighted by Crippen LogP contribution is -2.41. The predicted octanol–water partition coefficient (Wildman–Crippen LogP) is 1.84. The van der Waals surface area contributed by atoms with Crippen LogP contribution >= 0.6 is 0 Å². The third kappa shape index (κ3) is 7.38. The second-order valence-corrected chi connectivity index (χ2v) is 8.71. The van der Waals surface area contributed by atoms with Crippen molar-refractivity contribution in [2.75, 3.05) is 49.9 Å². The highest BCUT2D eigenvalue weighted by Gasteiger charge is 2.20. The molecule has 0 saturated carbocycles. The summed E-state index contributed by atoms with van der Waals surface area (Å²) in [4.78, 5) is 14.7. The first-order valence-corrected chi connectivity index (χ1v) is 11.4. The second kappa shape index (κ2) is 10.5. The molecule has 7 nitrogen and oxygen atoms in total. The number of piperidine rings is 1. The van der Waals surface area contributed by atoms with E-state index in [-0.39, 0.29) is 12.5 Å². The molecule has 0 radical (unpaired) electrons. The second-order valence-electron chi connectivity index (χ2n) is 6.80. The zero-order valence-corrected chi connectivity index (χ0v) is 17.1. The number of carbonyl (C=O) groups is 1. The van der Waals surface area contributed by atoms with Crippen molar-refractivity contribution in [2.45, 2.75) is 32.6 Å². The number of benzene rings is 1. The Hall–Kier alpha value is -1.80. The summed E-state index contributed by atoms with van der Waals surface area (Å²) in [7, 11) is -3.56. The Bertz CT molecular complexity index is 685. The summed E-state index contributed by atoms with van der Waals surface area (Å²) in [6.07, 6.45) is 5.77. The van der Waals surface area contributed by atoms with E-state index < -0.39 is 10.0 Å². The van der Waals surface area contributed by atoms with E-state index in [2.05, 4.69) is 10.2 Å². The highest BCUT2D eigenvalue weighted by atomic mass is 32.2. The molecule has 1 aliphatic rings. The molecule has 1 heterocycles. The molecule has 1 N–H and O–H groups in total. The van der Waals surface area contributed by atoms with E-state index in [1.54, 1.807) is 24.3 Å². The molecule has 0 atom stereocenters. The predicted molar refractivity (Wildman–Crippen MR) is 108 cm³/mol. The minimum Gasteiger partial charge on any atom is -0.494 e. The Labute approximate surface area is 162 Å². The van der Waals surface area contributed by atoms with Gasteiger partial charge in [0.25, 0.3) is 0 Å². The molecule has 152 valence electrons. The minimum absolute atomic E-state index is 0.226. The van der Waals surface area contributed by atoms with Crippen molar-refractivity contribution in [3.05, 3.63) is 24.3 Å². The van der Waals surface area contributed by atoms with E-state index in [0.29, 0.717) is 24.6 Å². The molecule has 1 fully saturated rings. The average molecular weight is 398 g/mol. The zero-order chi connectivity index (χ0) is 19.7. The highest BCUT2D eigenvalue weighted by molar-refractivity contribution is 7.92. The lowest BCUT2D eigenvalue weighted by Gasteiger charge is -2.26. The van der Waals surface area contributed by atoms with Crippen LogP contribution < -0.4 is 14.4 Å². The van der Waals surface area contributed by atoms with Crippen LogP contribution in [0.5, 0.6) is 5.75 Å². The smallest absolute Gasteiger partial charge is 0.240 e. The molecule has 2 rings (SSSR count). The fraction of sp³-hybridized carbons (Fsp3) is 0.632. The summed E-state index contributed by atoms with van der Waals surface area (Å²) in [6.45, 7) is 5.98. The van der Waals surface area contributed by atoms with Crippen molar-refractivity contribution in [1.29, 1.82) is 0 Å². The topological polar surface area (TPSA) is 79.0 Å². The highest BCUT2D eigenvalue weighted by Crippen LogP contribution is 2.21. The quantitative estimate of drug-likeness (QED) is 0.610. The maximum absolute atomic E-state index is 12.2. The van der Waals surface area contributed by atoms with Gasteiger partial charge in [-0.15, -0.1) is 0 Å². The summed E-state index contributed by atoms with van der Waals surface area (Å²) < 4.78 is 30.7. The number of nitrogens with one attached hydrogen (secondary N) is 1. The summed E-state index contributed by atoms with van der Waals surface area (Å²) in [5.74, 6) is 0.366. The summed E-state index contributed by atoms with van der Waals surface area (Å²) in [5.41, 5.74) is 0.449. The van der Waals surface area contributed by atoms with E-state index in [1.807, 2.05) is 6.92 Å². The molecule has 0 bridgehead atoms. The van der Waals surface area contributed by atoms with Gasteiger partial charge in [-0.3, -0.25) is 9.10 Å². The van der Waals surface area contributed by atoms with Crippen LogP contribution in [-0.2, 0) is 14.8 Å². The molecule has 27 heavy (non-hydrogen) atoms. The number of nitrogens with zero attached hydrogens (tertiary/aromatic N) is 2. The number of rotatable bonds is 10. The fourth-order valence-corrected chi connectivity index (χ4v) is 4.03. The number of hydrogen-bond donors (Lipinski definition) is 1. The number of carbonyl (C=O) groups excluding carboxylic acids is 1. The van der Waals surface area contributed by atoms with Gasteiger partial charge in [0.05, 0.1) is 18.6 Å². The molecule has 8 heteroatoms. The number of ether oxygens (including phenoxy) is 1. The summed E-state index contributed by atoms with van der Waals surface area (Å²) in [5, 5.41) is 2.83. The van der Waals surface area contributed by atoms with Gasteiger partial charge in [-0.25, -0.2) is 8.42 Å². The Morgan fingerprint density at radius 3 is 2.44 bits per heavy atom. The summed E-state index contributed by atoms with van der Waals surface area (Å²) in [6, 6.07) is 6.70. The zero-order valence-electron chi connectivity index (χ0n) is 16.3. The monoisotopic (exact) mass is 397 g/mol. The Morgan fingerprint density at radius 1 is 1.19 bits per heavy atom. The van der Waals surface area contributed by atoms with Gasteiger partial charge < -0.3 is 15.0 Å². The maximum Gasteiger partial charge on any atom is 0.240 e. The molecular formula is C19H31N3O4S. The summed E-state index contributed by atoms with van der Waals surface area (Å²) >= 11 is 0. The molecule has 0 aliphatic carbocycles. The molecule has 1 aromatic carbocycles. The number of anilines is 1. The van der Waals surface area contributed by atoms with Gasteiger partial charge in [-0.1, -0.05) is 6.42 Å². The van der Waals surface area contributed by atoms with E-state index in [4.69, 9.17) is 4.74 Å². The number of likely N-dealkylation sites (tertiary alicyclic amines) is 1. The van der Waals surface area contributed by atoms with Crippen molar-refractivity contribution in [2.24, 2.45) is 0 Å². The minimum atomic E-state index is -3.56. The van der Waals surface area contributed by atoms with Crippen molar-refractivity contribution < 1.29 is 17.9 Å². The first-order chi connectivity index (χ1) is 12.9. The van der Waals surface area contributed by atoms with Crippen LogP contribution in [0.3, 0.4) is 0 Å². The maximum atomic E-state index is 12.2. The normalized spacial score (nSPS) is 15.3. The molecule has 0 unspecified atom stereocenters. The van der Waals surface area contributed by atoms with Crippen LogP contribution in [0, 0.1) is 0 Å². The van der Waals surface area contributed by atoms with Crippen LogP contribution in [-0.4, -0.2) is 64.8 Å². The number of sulfonamides is 1. The molecule has 1 aliphatic heterocycles. The number of hydrogen-bond acceptors (Lipinski definition) is 5. The number of amides is 1. The SMILES string of the molecule is CCOc1ccc(N(CC(=O)NCCCN2CCCCC2)S(C)(=O)=O)cc1. The first kappa shape index (κ1) is 21.5. The van der Waals surface area contributed by atoms with Gasteiger partial charge in [-0.05, 0) is 70.1 Å². The van der Waals surface area contributed by atoms with Crippen molar-refractivity contribution in [3.8, 4) is 5.75 Å². The van der Waals surface area contributed by atoms with Crippen LogP contribution in [0.2, 0.25) is 0 Å². The van der Waals surface area contributed by atoms with Gasteiger partial charge in [0.15, 0.2) is 0 Å². The van der Waals surface area contributed by atoms with Crippen molar-refractivity contribution in [1.82, 2.24) is 10.2 Å². The van der Waals surface area contributed by atoms with Crippen molar-refractivity contribution >= 4 is 21.6 Å². The van der Waals surface area contributed by atoms with Gasteiger partial charge in [0.1, 0.15) is 12.3 Å². The van der Waals surface area contributed by atoms with Gasteiger partial charge >= 0.3 is 0 Å². The van der Waals surface area contributed by atoms with Crippen LogP contribution in [0.25, 0.3) is 0 Å². The molecule has 0 aromatic heterocycles. The largest absolute Gasteiger partial charge is 0.494 e. The standard InChI is InChI=1S/C19H31N3O4S/c1-3-26-18-10-8-17(9-11-18)22(27(2,24)25)16-19(23)20-12-7-15-21-13-5-4-6-14-21/h8-11H,3-7,12-16H2,1-2H3,(H,20,23). The van der Waals surface area contributed by atoms with Gasteiger partial charge in [0, 0.05) is 6.54 Å². The van der Waals surface area contributed by atoms with E-state index >= 15 is 0 Å². The van der Waals surface area contributed by atoms with Crippen LogP contribution in [0.15, 0.2) is 24.3 Å². The Kier molecular flexibility index (Phi) is 8.37. The third-order valence-corrected chi connectivity index (χ3v) is 5.69. The Balaban J connectivity index is 1.84. The lowest BCUT2D eigenvalue weighted by molar-refractivity contribution is -0.119. The van der Waals surface area contributed by atoms with Crippen molar-refractivity contribution in [3.63, 3.8) is 0 Å². The van der Waals surface area contributed by atoms with E-state index in [0.717, 1.165) is 36.6 Å². The van der Waals surface area contributed by atoms with Gasteiger partial charge in [0.2, 0.25) is 15.9 Å². The van der Waals surface area contributed by atoms with Crippen LogP contribution in [0.4, 0.5) is 5.69 Å². The third-order valence-electron chi connectivity index (χ3n) is 4.55. The molecule has 0 spiro atoms. The lowest BCUT2D eigenvalue weighted by atomic mass is 10.1. The molecule has 1 amide bonds. The van der Waals surface area contributed by atoms with Crippen LogP contribution in [0.1, 0.15) is 32.6 Å². The first-order valence-electron chi connectivity index (χ1n) is 9.60. The molecule has 1 saturated heterocycles. The average Bonchev–Trinajstić information content (AvgIpc) is 2.64. The van der Waals surface area contributed by atoms with Gasteiger partial charge in [-0.2, -0.15) is 0 Å². The van der Waals surface area contributed by atoms with E-state index in [1.165, 1.54) is 19.3 Å².